The molecule has 6 nitrogen and oxygen atoms in total. The standard InChI is InChI=1S/C15H23N3O3S/c1-13(14-6-4-3-5-7-14)16-15(19)12-17-8-10-18(11-9-17)22(2,20)21/h3-7,13H,8-12H2,1-2H3,(H,16,19)/t13-/m1/s1. The summed E-state index contributed by atoms with van der Waals surface area (Å²) in [5.74, 6) is -0.0378. The van der Waals surface area contributed by atoms with Crippen molar-refractivity contribution in [3.05, 3.63) is 35.9 Å². The molecule has 1 aromatic carbocycles. The lowest BCUT2D eigenvalue weighted by molar-refractivity contribution is -0.123. The molecular formula is C15H23N3O3S. The normalized spacial score (nSPS) is 18.8. The zero-order chi connectivity index (χ0) is 16.2. The van der Waals surface area contributed by atoms with Gasteiger partial charge >= 0.3 is 0 Å². The van der Waals surface area contributed by atoms with Gasteiger partial charge in [-0.2, -0.15) is 4.31 Å². The van der Waals surface area contributed by atoms with Gasteiger partial charge in [-0.05, 0) is 12.5 Å². The fourth-order valence-corrected chi connectivity index (χ4v) is 3.36. The maximum absolute atomic E-state index is 12.1. The van der Waals surface area contributed by atoms with Gasteiger partial charge in [0.1, 0.15) is 0 Å². The number of nitrogens with one attached hydrogen (secondary N) is 1. The molecule has 122 valence electrons. The van der Waals surface area contributed by atoms with E-state index in [1.165, 1.54) is 10.6 Å². The summed E-state index contributed by atoms with van der Waals surface area (Å²) in [7, 11) is -3.13. The average molecular weight is 325 g/mol. The minimum atomic E-state index is -3.13. The van der Waals surface area contributed by atoms with Crippen LogP contribution in [0.2, 0.25) is 0 Å². The highest BCUT2D eigenvalue weighted by molar-refractivity contribution is 7.88. The molecule has 1 aliphatic heterocycles. The molecule has 1 aromatic rings. The second-order valence-corrected chi connectivity index (χ2v) is 7.62. The van der Waals surface area contributed by atoms with Crippen LogP contribution in [0.25, 0.3) is 0 Å². The van der Waals surface area contributed by atoms with Crippen molar-refractivity contribution in [1.29, 1.82) is 0 Å². The van der Waals surface area contributed by atoms with E-state index in [1.807, 2.05) is 42.2 Å². The van der Waals surface area contributed by atoms with Crippen LogP contribution in [0, 0.1) is 0 Å². The summed E-state index contributed by atoms with van der Waals surface area (Å²) in [6, 6.07) is 9.77. The Bertz CT molecular complexity index is 596. The van der Waals surface area contributed by atoms with Crippen LogP contribution in [0.15, 0.2) is 30.3 Å². The molecule has 0 aliphatic carbocycles. The van der Waals surface area contributed by atoms with Crippen molar-refractivity contribution in [1.82, 2.24) is 14.5 Å². The Morgan fingerprint density at radius 2 is 1.77 bits per heavy atom. The third-order valence-electron chi connectivity index (χ3n) is 3.84. The first kappa shape index (κ1) is 16.9. The molecule has 1 saturated heterocycles. The molecule has 0 bridgehead atoms. The highest BCUT2D eigenvalue weighted by Crippen LogP contribution is 2.11. The predicted molar refractivity (Wildman–Crippen MR) is 85.9 cm³/mol. The number of amides is 1. The molecule has 1 fully saturated rings. The van der Waals surface area contributed by atoms with Crippen LogP contribution >= 0.6 is 0 Å². The molecular weight excluding hydrogens is 302 g/mol. The molecule has 2 rings (SSSR count). The Hall–Kier alpha value is -1.44. The van der Waals surface area contributed by atoms with E-state index in [2.05, 4.69) is 5.32 Å². The fraction of sp³-hybridized carbons (Fsp3) is 0.533. The monoisotopic (exact) mass is 325 g/mol. The number of hydrogen-bond acceptors (Lipinski definition) is 4. The third kappa shape index (κ3) is 4.79. The van der Waals surface area contributed by atoms with E-state index in [0.717, 1.165) is 5.56 Å². The van der Waals surface area contributed by atoms with Gasteiger partial charge in [0.05, 0.1) is 18.8 Å². The van der Waals surface area contributed by atoms with E-state index in [4.69, 9.17) is 0 Å². The molecule has 1 aliphatic rings. The number of nitrogens with zero attached hydrogens (tertiary/aromatic N) is 2. The Kier molecular flexibility index (Phi) is 5.55. The number of carbonyl (C=O) groups excluding carboxylic acids is 1. The van der Waals surface area contributed by atoms with Crippen LogP contribution in [-0.2, 0) is 14.8 Å². The Labute approximate surface area is 132 Å². The summed E-state index contributed by atoms with van der Waals surface area (Å²) in [4.78, 5) is 14.1. The molecule has 1 N–H and O–H groups in total. The highest BCUT2D eigenvalue weighted by Gasteiger charge is 2.24. The van der Waals surface area contributed by atoms with Crippen LogP contribution in [-0.4, -0.2) is 62.5 Å². The zero-order valence-corrected chi connectivity index (χ0v) is 13.8. The number of rotatable bonds is 5. The molecule has 1 atom stereocenters. The largest absolute Gasteiger partial charge is 0.348 e. The highest BCUT2D eigenvalue weighted by atomic mass is 32.2. The molecule has 1 amide bonds. The Morgan fingerprint density at radius 3 is 2.32 bits per heavy atom. The van der Waals surface area contributed by atoms with Crippen molar-refractivity contribution >= 4 is 15.9 Å². The van der Waals surface area contributed by atoms with Gasteiger partial charge in [-0.1, -0.05) is 30.3 Å². The predicted octanol–water partition coefficient (Wildman–Crippen LogP) is 0.441. The topological polar surface area (TPSA) is 69.7 Å². The molecule has 7 heteroatoms. The van der Waals surface area contributed by atoms with E-state index in [-0.39, 0.29) is 11.9 Å². The second kappa shape index (κ2) is 7.21. The van der Waals surface area contributed by atoms with Crippen molar-refractivity contribution < 1.29 is 13.2 Å². The van der Waals surface area contributed by atoms with E-state index in [0.29, 0.717) is 32.7 Å². The second-order valence-electron chi connectivity index (χ2n) is 5.64. The van der Waals surface area contributed by atoms with E-state index in [1.54, 1.807) is 0 Å². The molecule has 22 heavy (non-hydrogen) atoms. The van der Waals surface area contributed by atoms with Crippen LogP contribution < -0.4 is 5.32 Å². The molecule has 0 saturated carbocycles. The molecule has 1 heterocycles. The van der Waals surface area contributed by atoms with Gasteiger partial charge in [0, 0.05) is 26.2 Å². The maximum atomic E-state index is 12.1. The minimum absolute atomic E-state index is 0.0361. The van der Waals surface area contributed by atoms with Gasteiger partial charge in [0.25, 0.3) is 0 Å². The maximum Gasteiger partial charge on any atom is 0.234 e. The first-order valence-corrected chi connectivity index (χ1v) is 9.23. The zero-order valence-electron chi connectivity index (χ0n) is 13.0. The number of piperazine rings is 1. The number of carbonyl (C=O) groups is 1. The fourth-order valence-electron chi connectivity index (χ4n) is 2.53. The van der Waals surface area contributed by atoms with Gasteiger partial charge in [-0.3, -0.25) is 9.69 Å². The van der Waals surface area contributed by atoms with Crippen LogP contribution in [0.5, 0.6) is 0 Å². The van der Waals surface area contributed by atoms with Crippen LogP contribution in [0.3, 0.4) is 0 Å². The quantitative estimate of drug-likeness (QED) is 0.853. The van der Waals surface area contributed by atoms with Gasteiger partial charge in [-0.25, -0.2) is 8.42 Å². The minimum Gasteiger partial charge on any atom is -0.348 e. The van der Waals surface area contributed by atoms with Crippen molar-refractivity contribution in [3.8, 4) is 0 Å². The first-order valence-electron chi connectivity index (χ1n) is 7.38. The van der Waals surface area contributed by atoms with Crippen molar-refractivity contribution in [2.45, 2.75) is 13.0 Å². The molecule has 0 unspecified atom stereocenters. The number of hydrogen-bond donors (Lipinski definition) is 1. The summed E-state index contributed by atoms with van der Waals surface area (Å²) >= 11 is 0. The number of sulfonamides is 1. The van der Waals surface area contributed by atoms with Gasteiger partial charge in [-0.15, -0.1) is 0 Å². The summed E-state index contributed by atoms with van der Waals surface area (Å²) in [6.45, 7) is 4.31. The van der Waals surface area contributed by atoms with E-state index < -0.39 is 10.0 Å². The summed E-state index contributed by atoms with van der Waals surface area (Å²) < 4.78 is 24.3. The molecule has 0 radical (unpaired) electrons. The summed E-state index contributed by atoms with van der Waals surface area (Å²) in [6.07, 6.45) is 1.22. The van der Waals surface area contributed by atoms with Crippen molar-refractivity contribution in [2.75, 3.05) is 39.0 Å². The lowest BCUT2D eigenvalue weighted by Crippen LogP contribution is -2.50. The summed E-state index contributed by atoms with van der Waals surface area (Å²) in [5, 5.41) is 2.97. The lowest BCUT2D eigenvalue weighted by Gasteiger charge is -2.32. The number of benzene rings is 1. The average Bonchev–Trinajstić information content (AvgIpc) is 2.47. The SMILES string of the molecule is C[C@@H](NC(=O)CN1CCN(S(C)(=O)=O)CC1)c1ccccc1. The Balaban J connectivity index is 1.79. The molecule has 0 aromatic heterocycles. The van der Waals surface area contributed by atoms with Crippen LogP contribution in [0.1, 0.15) is 18.5 Å². The van der Waals surface area contributed by atoms with Crippen molar-refractivity contribution in [3.63, 3.8) is 0 Å². The van der Waals surface area contributed by atoms with E-state index >= 15 is 0 Å². The lowest BCUT2D eigenvalue weighted by atomic mass is 10.1. The van der Waals surface area contributed by atoms with Gasteiger partial charge in [0.2, 0.25) is 15.9 Å². The van der Waals surface area contributed by atoms with Crippen LogP contribution in [0.4, 0.5) is 0 Å². The first-order chi connectivity index (χ1) is 10.4. The molecule has 0 spiro atoms. The smallest absolute Gasteiger partial charge is 0.234 e. The third-order valence-corrected chi connectivity index (χ3v) is 5.15. The van der Waals surface area contributed by atoms with Gasteiger partial charge < -0.3 is 5.32 Å². The van der Waals surface area contributed by atoms with Crippen molar-refractivity contribution in [2.24, 2.45) is 0 Å². The Morgan fingerprint density at radius 1 is 1.18 bits per heavy atom. The van der Waals surface area contributed by atoms with E-state index in [9.17, 15) is 13.2 Å². The van der Waals surface area contributed by atoms with Gasteiger partial charge in [0.15, 0.2) is 0 Å². The summed E-state index contributed by atoms with van der Waals surface area (Å²) in [5.41, 5.74) is 1.07.